The number of carboxylic acids is 1. The number of thioether (sulfide) groups is 1. The third-order valence-electron chi connectivity index (χ3n) is 4.57. The maximum Gasteiger partial charge on any atom is 0.308 e. The molecule has 5 N–H and O–H groups in total. The van der Waals surface area contributed by atoms with E-state index in [9.17, 15) is 14.7 Å². The second-order valence-corrected chi connectivity index (χ2v) is 7.19. The van der Waals surface area contributed by atoms with E-state index in [4.69, 9.17) is 5.26 Å². The van der Waals surface area contributed by atoms with Gasteiger partial charge in [0.2, 0.25) is 0 Å². The predicted octanol–water partition coefficient (Wildman–Crippen LogP) is 2.73. The first kappa shape index (κ1) is 20.8. The zero-order valence-corrected chi connectivity index (χ0v) is 16.0. The van der Waals surface area contributed by atoms with Crippen molar-refractivity contribution < 1.29 is 14.7 Å². The van der Waals surface area contributed by atoms with Crippen LogP contribution in [0.1, 0.15) is 36.2 Å². The number of rotatable bonds is 4. The quantitative estimate of drug-likeness (QED) is 0.470. The number of aliphatic carboxylic acids is 1. The van der Waals surface area contributed by atoms with Crippen molar-refractivity contribution in [2.45, 2.75) is 36.6 Å². The van der Waals surface area contributed by atoms with Crippen molar-refractivity contribution in [3.05, 3.63) is 30.0 Å². The fraction of sp³-hybridized carbons (Fsp3) is 0.421. The number of aromatic nitrogens is 1. The Morgan fingerprint density at radius 1 is 1.37 bits per heavy atom. The number of H-pyrrole nitrogens is 1. The average molecular weight is 388 g/mol. The van der Waals surface area contributed by atoms with Crippen molar-refractivity contribution in [2.24, 2.45) is 11.7 Å². The summed E-state index contributed by atoms with van der Waals surface area (Å²) in [6.07, 6.45) is 5.22. The van der Waals surface area contributed by atoms with E-state index in [1.54, 1.807) is 17.8 Å². The molecule has 0 aliphatic heterocycles. The monoisotopic (exact) mass is 388 g/mol. The molecule has 0 spiro atoms. The molecule has 1 heterocycles. The van der Waals surface area contributed by atoms with Crippen molar-refractivity contribution in [1.82, 2.24) is 10.3 Å². The molecular weight excluding hydrogens is 364 g/mol. The van der Waals surface area contributed by atoms with Gasteiger partial charge in [0.25, 0.3) is 5.91 Å². The molecule has 0 saturated heterocycles. The van der Waals surface area contributed by atoms with Gasteiger partial charge in [-0.2, -0.15) is 5.26 Å². The number of benzene rings is 1. The lowest BCUT2D eigenvalue weighted by molar-refractivity contribution is -0.143. The van der Waals surface area contributed by atoms with Gasteiger partial charge >= 0.3 is 5.97 Å². The lowest BCUT2D eigenvalue weighted by Gasteiger charge is -2.29. The Balaban J connectivity index is 0.000000596. The normalized spacial score (nSPS) is 18.9. The molecular formula is C19H24N4O3S. The summed E-state index contributed by atoms with van der Waals surface area (Å²) in [7, 11) is 0. The van der Waals surface area contributed by atoms with E-state index in [0.29, 0.717) is 12.1 Å². The lowest BCUT2D eigenvalue weighted by Crippen LogP contribution is -2.45. The van der Waals surface area contributed by atoms with Gasteiger partial charge in [-0.15, -0.1) is 11.8 Å². The van der Waals surface area contributed by atoms with Crippen LogP contribution >= 0.6 is 11.8 Å². The Morgan fingerprint density at radius 3 is 2.70 bits per heavy atom. The summed E-state index contributed by atoms with van der Waals surface area (Å²) in [6, 6.07) is 9.24. The van der Waals surface area contributed by atoms with E-state index in [1.165, 1.54) is 0 Å². The van der Waals surface area contributed by atoms with Crippen LogP contribution in [0.4, 0.5) is 0 Å². The molecule has 27 heavy (non-hydrogen) atoms. The largest absolute Gasteiger partial charge is 0.481 e. The lowest BCUT2D eigenvalue weighted by atomic mass is 9.84. The number of nitrogens with one attached hydrogen (secondary N) is 2. The van der Waals surface area contributed by atoms with E-state index in [-0.39, 0.29) is 18.5 Å². The Morgan fingerprint density at radius 2 is 2.07 bits per heavy atom. The number of nitrogens with two attached hydrogens (primary N) is 1. The molecule has 2 aromatic rings. The van der Waals surface area contributed by atoms with Gasteiger partial charge < -0.3 is 21.1 Å². The first-order valence-corrected chi connectivity index (χ1v) is 10.00. The molecule has 1 saturated carbocycles. The van der Waals surface area contributed by atoms with E-state index >= 15 is 0 Å². The molecule has 1 fully saturated rings. The Labute approximate surface area is 162 Å². The molecule has 1 aromatic carbocycles. The number of carboxylic acid groups (broad SMARTS) is 1. The molecule has 0 bridgehead atoms. The number of carbonyl (C=O) groups is 2. The minimum absolute atomic E-state index is 0.125. The fourth-order valence-electron chi connectivity index (χ4n) is 3.20. The third-order valence-corrected chi connectivity index (χ3v) is 5.29. The van der Waals surface area contributed by atoms with E-state index in [2.05, 4.69) is 16.0 Å². The van der Waals surface area contributed by atoms with Crippen molar-refractivity contribution in [2.75, 3.05) is 12.8 Å². The van der Waals surface area contributed by atoms with Crippen LogP contribution in [0.15, 0.2) is 29.2 Å². The summed E-state index contributed by atoms with van der Waals surface area (Å²) < 4.78 is 0. The number of fused-ring (bicyclic) bond motifs is 1. The molecule has 1 aliphatic carbocycles. The van der Waals surface area contributed by atoms with Gasteiger partial charge in [-0.1, -0.05) is 18.9 Å². The van der Waals surface area contributed by atoms with Crippen molar-refractivity contribution in [3.8, 4) is 6.07 Å². The summed E-state index contributed by atoms with van der Waals surface area (Å²) in [4.78, 5) is 28.1. The topological polar surface area (TPSA) is 132 Å². The highest BCUT2D eigenvalue weighted by atomic mass is 32.2. The number of carbonyl (C=O) groups excluding carboxylic acids is 1. The van der Waals surface area contributed by atoms with Gasteiger partial charge in [0.15, 0.2) is 0 Å². The molecule has 7 nitrogen and oxygen atoms in total. The minimum atomic E-state index is -0.823. The highest BCUT2D eigenvalue weighted by Gasteiger charge is 2.32. The third kappa shape index (κ3) is 5.49. The molecule has 1 aliphatic rings. The molecule has 0 radical (unpaired) electrons. The molecule has 0 unspecified atom stereocenters. The van der Waals surface area contributed by atoms with Gasteiger partial charge in [0.05, 0.1) is 18.5 Å². The summed E-state index contributed by atoms with van der Waals surface area (Å²) in [5.74, 6) is -1.54. The van der Waals surface area contributed by atoms with Crippen LogP contribution in [-0.4, -0.2) is 40.8 Å². The highest BCUT2D eigenvalue weighted by Crippen LogP contribution is 2.26. The maximum absolute atomic E-state index is 12.5. The van der Waals surface area contributed by atoms with E-state index in [1.807, 2.05) is 30.5 Å². The predicted molar refractivity (Wildman–Crippen MR) is 106 cm³/mol. The van der Waals surface area contributed by atoms with Crippen molar-refractivity contribution >= 4 is 34.5 Å². The van der Waals surface area contributed by atoms with Gasteiger partial charge in [-0.3, -0.25) is 9.59 Å². The van der Waals surface area contributed by atoms with Gasteiger partial charge in [-0.25, -0.2) is 0 Å². The summed E-state index contributed by atoms with van der Waals surface area (Å²) >= 11 is 1.65. The molecule has 8 heteroatoms. The highest BCUT2D eigenvalue weighted by molar-refractivity contribution is 7.98. The van der Waals surface area contributed by atoms with Crippen LogP contribution in [0.2, 0.25) is 0 Å². The van der Waals surface area contributed by atoms with Crippen molar-refractivity contribution in [1.29, 1.82) is 5.26 Å². The minimum Gasteiger partial charge on any atom is -0.481 e. The molecule has 144 valence electrons. The van der Waals surface area contributed by atoms with Crippen molar-refractivity contribution in [3.63, 3.8) is 0 Å². The second-order valence-electron chi connectivity index (χ2n) is 6.31. The molecule has 1 aromatic heterocycles. The SMILES string of the molecule is CSc1ccc2cc(C(=O)N[C@H]3CCCC[C@H]3C(=O)O)[nH]c2c1.N#CCN. The Bertz CT molecular complexity index is 843. The van der Waals surface area contributed by atoms with Gasteiger partial charge in [0.1, 0.15) is 5.69 Å². The average Bonchev–Trinajstić information content (AvgIpc) is 3.11. The smallest absolute Gasteiger partial charge is 0.308 e. The fourth-order valence-corrected chi connectivity index (χ4v) is 3.64. The number of amides is 1. The zero-order chi connectivity index (χ0) is 19.8. The standard InChI is InChI=1S/C17H20N2O3S.C2H4N2/c1-23-11-7-6-10-8-15(18-14(10)9-11)16(20)19-13-5-3-2-4-12(13)17(21)22;3-1-2-4/h6-9,12-13,18H,2-5H2,1H3,(H,19,20)(H,21,22);1,3H2/t12-,13+;/m1./s1. The number of aromatic amines is 1. The zero-order valence-electron chi connectivity index (χ0n) is 15.2. The number of hydrogen-bond acceptors (Lipinski definition) is 5. The Hall–Kier alpha value is -2.50. The van der Waals surface area contributed by atoms with Gasteiger partial charge in [-0.05, 0) is 37.3 Å². The van der Waals surface area contributed by atoms with Crippen LogP contribution in [0.3, 0.4) is 0 Å². The van der Waals surface area contributed by atoms with Crippen LogP contribution < -0.4 is 11.1 Å². The second kappa shape index (κ2) is 10.00. The van der Waals surface area contributed by atoms with E-state index in [0.717, 1.165) is 35.1 Å². The van der Waals surface area contributed by atoms with Crippen LogP contribution in [0.5, 0.6) is 0 Å². The van der Waals surface area contributed by atoms with Crippen LogP contribution in [0, 0.1) is 17.2 Å². The molecule has 1 amide bonds. The first-order valence-electron chi connectivity index (χ1n) is 8.77. The van der Waals surface area contributed by atoms with E-state index < -0.39 is 11.9 Å². The number of nitriles is 1. The Kier molecular flexibility index (Phi) is 7.70. The number of hydrogen-bond donors (Lipinski definition) is 4. The number of nitrogens with zero attached hydrogens (tertiary/aromatic N) is 1. The molecule has 2 atom stereocenters. The van der Waals surface area contributed by atoms with Crippen LogP contribution in [0.25, 0.3) is 10.9 Å². The van der Waals surface area contributed by atoms with Crippen LogP contribution in [-0.2, 0) is 4.79 Å². The summed E-state index contributed by atoms with van der Waals surface area (Å²) in [5.41, 5.74) is 6.06. The first-order chi connectivity index (χ1) is 13.0. The maximum atomic E-state index is 12.5. The molecule has 3 rings (SSSR count). The summed E-state index contributed by atoms with van der Waals surface area (Å²) in [6.45, 7) is 0.125. The van der Waals surface area contributed by atoms with Gasteiger partial charge in [0, 0.05) is 21.8 Å². The summed E-state index contributed by atoms with van der Waals surface area (Å²) in [5, 5.41) is 20.7.